The second-order valence-electron chi connectivity index (χ2n) is 5.39. The molecule has 1 heterocycles. The summed E-state index contributed by atoms with van der Waals surface area (Å²) >= 11 is 1.27. The molecule has 0 fully saturated rings. The van der Waals surface area contributed by atoms with Gasteiger partial charge in [0.2, 0.25) is 11.8 Å². The largest absolute Gasteiger partial charge is 0.416 e. The number of rotatable bonds is 7. The molecular weight excluding hydrogens is 334 g/mol. The summed E-state index contributed by atoms with van der Waals surface area (Å²) in [6.45, 7) is 2.58. The van der Waals surface area contributed by atoms with Crippen molar-refractivity contribution >= 4 is 23.4 Å². The molecule has 2 aromatic carbocycles. The van der Waals surface area contributed by atoms with Crippen LogP contribution < -0.4 is 4.90 Å². The number of hydrogen-bond acceptors (Lipinski definition) is 5. The molecule has 0 aliphatic carbocycles. The average molecular weight is 353 g/mol. The van der Waals surface area contributed by atoms with Gasteiger partial charge in [0.05, 0.1) is 12.2 Å². The summed E-state index contributed by atoms with van der Waals surface area (Å²) in [5.74, 6) is 0.827. The van der Waals surface area contributed by atoms with Crippen LogP contribution >= 0.6 is 11.8 Å². The van der Waals surface area contributed by atoms with Crippen LogP contribution in [0.1, 0.15) is 18.4 Å². The van der Waals surface area contributed by atoms with Crippen LogP contribution in [0.3, 0.4) is 0 Å². The van der Waals surface area contributed by atoms with Crippen molar-refractivity contribution in [1.82, 2.24) is 10.2 Å². The Morgan fingerprint density at radius 3 is 2.40 bits per heavy atom. The predicted octanol–water partition coefficient (Wildman–Crippen LogP) is 3.81. The first-order valence-electron chi connectivity index (χ1n) is 8.10. The first kappa shape index (κ1) is 17.2. The highest BCUT2D eigenvalue weighted by atomic mass is 32.2. The lowest BCUT2D eigenvalue weighted by Crippen LogP contribution is -2.32. The summed E-state index contributed by atoms with van der Waals surface area (Å²) in [6.07, 6.45) is 0.591. The average Bonchev–Trinajstić information content (AvgIpc) is 3.10. The molecule has 0 bridgehead atoms. The lowest BCUT2D eigenvalue weighted by atomic mass is 10.2. The highest BCUT2D eigenvalue weighted by Gasteiger charge is 2.16. The molecule has 5 nitrogen and oxygen atoms in total. The van der Waals surface area contributed by atoms with E-state index in [4.69, 9.17) is 4.42 Å². The van der Waals surface area contributed by atoms with Crippen molar-refractivity contribution in [3.63, 3.8) is 0 Å². The van der Waals surface area contributed by atoms with Gasteiger partial charge < -0.3 is 9.32 Å². The standard InChI is InChI=1S/C19H19N3O2S/c1-2-22(16-11-7-4-8-12-16)18(23)14-25-19-21-20-17(24-19)13-15-9-5-3-6-10-15/h3-12H,2,13-14H2,1H3. The van der Waals surface area contributed by atoms with Gasteiger partial charge in [-0.05, 0) is 24.6 Å². The Labute approximate surface area is 151 Å². The van der Waals surface area contributed by atoms with Crippen LogP contribution in [-0.4, -0.2) is 28.4 Å². The molecule has 1 aromatic heterocycles. The van der Waals surface area contributed by atoms with E-state index in [9.17, 15) is 4.79 Å². The van der Waals surface area contributed by atoms with Gasteiger partial charge in [0.1, 0.15) is 0 Å². The smallest absolute Gasteiger partial charge is 0.277 e. The lowest BCUT2D eigenvalue weighted by molar-refractivity contribution is -0.116. The second kappa shape index (κ2) is 8.48. The van der Waals surface area contributed by atoms with E-state index in [2.05, 4.69) is 10.2 Å². The van der Waals surface area contributed by atoms with Crippen LogP contribution in [0, 0.1) is 0 Å². The van der Waals surface area contributed by atoms with E-state index in [1.54, 1.807) is 4.90 Å². The summed E-state index contributed by atoms with van der Waals surface area (Å²) in [5, 5.41) is 8.49. The number of carbonyl (C=O) groups excluding carboxylic acids is 1. The highest BCUT2D eigenvalue weighted by Crippen LogP contribution is 2.20. The first-order chi connectivity index (χ1) is 12.3. The summed E-state index contributed by atoms with van der Waals surface area (Å²) in [6, 6.07) is 19.6. The van der Waals surface area contributed by atoms with E-state index in [-0.39, 0.29) is 11.7 Å². The molecule has 6 heteroatoms. The van der Waals surface area contributed by atoms with Crippen LogP contribution in [-0.2, 0) is 11.2 Å². The molecule has 0 aliphatic heterocycles. The summed E-state index contributed by atoms with van der Waals surface area (Å²) in [5.41, 5.74) is 2.01. The Bertz CT molecular complexity index is 806. The third kappa shape index (κ3) is 4.70. The molecule has 0 saturated carbocycles. The molecule has 0 radical (unpaired) electrons. The maximum atomic E-state index is 12.5. The Morgan fingerprint density at radius 2 is 1.72 bits per heavy atom. The molecule has 0 aliphatic rings. The fourth-order valence-corrected chi connectivity index (χ4v) is 3.11. The van der Waals surface area contributed by atoms with Crippen molar-refractivity contribution in [3.05, 3.63) is 72.1 Å². The Hall–Kier alpha value is -2.60. The lowest BCUT2D eigenvalue weighted by Gasteiger charge is -2.20. The number of carbonyl (C=O) groups is 1. The van der Waals surface area contributed by atoms with Crippen molar-refractivity contribution in [2.75, 3.05) is 17.2 Å². The fraction of sp³-hybridized carbons (Fsp3) is 0.211. The first-order valence-corrected chi connectivity index (χ1v) is 9.09. The third-order valence-electron chi connectivity index (χ3n) is 3.65. The Kier molecular flexibility index (Phi) is 5.85. The molecule has 128 valence electrons. The van der Waals surface area contributed by atoms with Crippen molar-refractivity contribution in [2.45, 2.75) is 18.6 Å². The minimum absolute atomic E-state index is 0.0153. The summed E-state index contributed by atoms with van der Waals surface area (Å²) < 4.78 is 5.63. The van der Waals surface area contributed by atoms with Crippen LogP contribution in [0.4, 0.5) is 5.69 Å². The number of anilines is 1. The maximum absolute atomic E-state index is 12.5. The van der Waals surface area contributed by atoms with Crippen molar-refractivity contribution < 1.29 is 9.21 Å². The SMILES string of the molecule is CCN(C(=O)CSc1nnc(Cc2ccccc2)o1)c1ccccc1. The second-order valence-corrected chi connectivity index (χ2v) is 6.31. The molecule has 0 spiro atoms. The van der Waals surface area contributed by atoms with Gasteiger partial charge in [-0.15, -0.1) is 10.2 Å². The molecule has 0 saturated heterocycles. The van der Waals surface area contributed by atoms with Crippen LogP contribution in [0.2, 0.25) is 0 Å². The van der Waals surface area contributed by atoms with Gasteiger partial charge in [0, 0.05) is 12.2 Å². The van der Waals surface area contributed by atoms with E-state index in [1.165, 1.54) is 11.8 Å². The number of nitrogens with zero attached hydrogens (tertiary/aromatic N) is 3. The van der Waals surface area contributed by atoms with Crippen LogP contribution in [0.5, 0.6) is 0 Å². The molecule has 0 unspecified atom stereocenters. The molecule has 1 amide bonds. The van der Waals surface area contributed by atoms with Gasteiger partial charge in [0.15, 0.2) is 0 Å². The van der Waals surface area contributed by atoms with Gasteiger partial charge >= 0.3 is 0 Å². The van der Waals surface area contributed by atoms with E-state index >= 15 is 0 Å². The molecule has 3 aromatic rings. The molecule has 0 atom stereocenters. The fourth-order valence-electron chi connectivity index (χ4n) is 2.45. The Morgan fingerprint density at radius 1 is 1.04 bits per heavy atom. The number of hydrogen-bond donors (Lipinski definition) is 0. The monoisotopic (exact) mass is 353 g/mol. The molecule has 25 heavy (non-hydrogen) atoms. The van der Waals surface area contributed by atoms with E-state index < -0.39 is 0 Å². The minimum Gasteiger partial charge on any atom is -0.416 e. The minimum atomic E-state index is 0.0153. The van der Waals surface area contributed by atoms with Crippen molar-refractivity contribution in [1.29, 1.82) is 0 Å². The maximum Gasteiger partial charge on any atom is 0.277 e. The number of amides is 1. The van der Waals surface area contributed by atoms with Crippen molar-refractivity contribution in [3.8, 4) is 0 Å². The number of benzene rings is 2. The molecular formula is C19H19N3O2S. The third-order valence-corrected chi connectivity index (χ3v) is 4.45. The van der Waals surface area contributed by atoms with Gasteiger partial charge in [-0.25, -0.2) is 0 Å². The van der Waals surface area contributed by atoms with Gasteiger partial charge in [-0.1, -0.05) is 60.3 Å². The quantitative estimate of drug-likeness (QED) is 0.605. The topological polar surface area (TPSA) is 59.2 Å². The molecule has 0 N–H and O–H groups in total. The Balaban J connectivity index is 1.57. The zero-order valence-corrected chi connectivity index (χ0v) is 14.8. The van der Waals surface area contributed by atoms with Gasteiger partial charge in [-0.3, -0.25) is 4.79 Å². The summed E-state index contributed by atoms with van der Waals surface area (Å²) in [7, 11) is 0. The van der Waals surface area contributed by atoms with E-state index in [0.29, 0.717) is 24.1 Å². The van der Waals surface area contributed by atoms with Gasteiger partial charge in [-0.2, -0.15) is 0 Å². The zero-order valence-electron chi connectivity index (χ0n) is 14.0. The van der Waals surface area contributed by atoms with E-state index in [0.717, 1.165) is 11.3 Å². The summed E-state index contributed by atoms with van der Waals surface area (Å²) in [4.78, 5) is 14.2. The molecule has 3 rings (SSSR count). The number of aromatic nitrogens is 2. The van der Waals surface area contributed by atoms with Gasteiger partial charge in [0.25, 0.3) is 5.22 Å². The van der Waals surface area contributed by atoms with E-state index in [1.807, 2.05) is 67.6 Å². The highest BCUT2D eigenvalue weighted by molar-refractivity contribution is 7.99. The number of thioether (sulfide) groups is 1. The van der Waals surface area contributed by atoms with Crippen molar-refractivity contribution in [2.24, 2.45) is 0 Å². The number of para-hydroxylation sites is 1. The van der Waals surface area contributed by atoms with Crippen LogP contribution in [0.15, 0.2) is 70.3 Å². The van der Waals surface area contributed by atoms with Crippen LogP contribution in [0.25, 0.3) is 0 Å². The zero-order chi connectivity index (χ0) is 17.5. The predicted molar refractivity (Wildman–Crippen MR) is 98.7 cm³/mol. The normalized spacial score (nSPS) is 10.6.